The van der Waals surface area contributed by atoms with Crippen molar-refractivity contribution in [3.05, 3.63) is 108 Å². The van der Waals surface area contributed by atoms with Crippen LogP contribution in [0.1, 0.15) is 43.4 Å². The van der Waals surface area contributed by atoms with Crippen molar-refractivity contribution in [3.63, 3.8) is 0 Å². The van der Waals surface area contributed by atoms with E-state index in [9.17, 15) is 0 Å². The van der Waals surface area contributed by atoms with E-state index in [1.807, 2.05) is 54.6 Å². The zero-order valence-corrected chi connectivity index (χ0v) is 18.7. The average molecular weight is 419 g/mol. The fourth-order valence-electron chi connectivity index (χ4n) is 3.67. The lowest BCUT2D eigenvalue weighted by molar-refractivity contribution is -0.153. The summed E-state index contributed by atoms with van der Waals surface area (Å²) in [7, 11) is 0. The second-order valence-electron chi connectivity index (χ2n) is 7.75. The maximum Gasteiger partial charge on any atom is 0.110 e. The Labute approximate surface area is 187 Å². The van der Waals surface area contributed by atoms with Crippen LogP contribution in [0.2, 0.25) is 0 Å². The van der Waals surface area contributed by atoms with E-state index in [2.05, 4.69) is 50.2 Å². The molecule has 0 saturated carbocycles. The smallest absolute Gasteiger partial charge is 0.110 e. The summed E-state index contributed by atoms with van der Waals surface area (Å²) in [5.74, 6) is 0. The molecule has 3 aromatic carbocycles. The highest BCUT2D eigenvalue weighted by molar-refractivity contribution is 5.15. The summed E-state index contributed by atoms with van der Waals surface area (Å²) in [5.41, 5.74) is 3.49. The van der Waals surface area contributed by atoms with Gasteiger partial charge in [-0.05, 0) is 29.5 Å². The summed E-state index contributed by atoms with van der Waals surface area (Å²) in [6, 6.07) is 30.9. The molecule has 31 heavy (non-hydrogen) atoms. The first-order chi connectivity index (χ1) is 15.3. The molecule has 0 heterocycles. The summed E-state index contributed by atoms with van der Waals surface area (Å²) >= 11 is 0. The van der Waals surface area contributed by atoms with Gasteiger partial charge in [-0.3, -0.25) is 0 Å². The van der Waals surface area contributed by atoms with Crippen molar-refractivity contribution in [2.45, 2.75) is 64.8 Å². The Morgan fingerprint density at radius 3 is 1.13 bits per heavy atom. The Bertz CT molecular complexity index is 784. The molecular weight excluding hydrogens is 384 g/mol. The molecule has 0 aliphatic carbocycles. The van der Waals surface area contributed by atoms with Crippen LogP contribution in [-0.4, -0.2) is 18.3 Å². The van der Waals surface area contributed by atoms with E-state index in [4.69, 9.17) is 14.2 Å². The highest BCUT2D eigenvalue weighted by Crippen LogP contribution is 2.22. The molecule has 0 fully saturated rings. The molecule has 3 nitrogen and oxygen atoms in total. The lowest BCUT2D eigenvalue weighted by Gasteiger charge is -2.33. The van der Waals surface area contributed by atoms with Gasteiger partial charge >= 0.3 is 0 Å². The molecular formula is C28H34O3. The number of rotatable bonds is 13. The van der Waals surface area contributed by atoms with Crippen molar-refractivity contribution >= 4 is 0 Å². The van der Waals surface area contributed by atoms with Gasteiger partial charge in [-0.25, -0.2) is 0 Å². The lowest BCUT2D eigenvalue weighted by atomic mass is 10.0. The second-order valence-corrected chi connectivity index (χ2v) is 7.75. The lowest BCUT2D eigenvalue weighted by Crippen LogP contribution is -2.42. The monoisotopic (exact) mass is 418 g/mol. The van der Waals surface area contributed by atoms with Gasteiger partial charge in [0.1, 0.15) is 6.10 Å². The van der Waals surface area contributed by atoms with Crippen LogP contribution in [0.15, 0.2) is 91.0 Å². The zero-order chi connectivity index (χ0) is 21.7. The largest absolute Gasteiger partial charge is 0.371 e. The second kappa shape index (κ2) is 13.1. The molecule has 0 spiro atoms. The third kappa shape index (κ3) is 7.62. The molecule has 0 bridgehead atoms. The number of ether oxygens (including phenoxy) is 3. The third-order valence-electron chi connectivity index (χ3n) is 5.44. The number of hydrogen-bond donors (Lipinski definition) is 0. The standard InChI is InChI=1S/C28H34O3/c1-3-26(29-20-23-14-8-5-9-15-23)28(31-22-25-18-12-7-13-19-25)27(4-2)30-21-24-16-10-6-11-17-24/h5-19,26-28H,3-4,20-22H2,1-2H3. The quantitative estimate of drug-likeness (QED) is 0.314. The Kier molecular flexibility index (Phi) is 9.78. The van der Waals surface area contributed by atoms with Gasteiger partial charge in [-0.2, -0.15) is 0 Å². The van der Waals surface area contributed by atoms with Crippen LogP contribution in [0.25, 0.3) is 0 Å². The SMILES string of the molecule is CCC(OCc1ccccc1)C(OCc1ccccc1)C(CC)OCc1ccccc1. The molecule has 0 aliphatic heterocycles. The molecule has 3 aromatic rings. The molecule has 0 N–H and O–H groups in total. The summed E-state index contributed by atoms with van der Waals surface area (Å²) in [4.78, 5) is 0. The van der Waals surface area contributed by atoms with Gasteiger partial charge in [0.2, 0.25) is 0 Å². The van der Waals surface area contributed by atoms with Crippen LogP contribution in [0.4, 0.5) is 0 Å². The van der Waals surface area contributed by atoms with Crippen LogP contribution in [-0.2, 0) is 34.0 Å². The van der Waals surface area contributed by atoms with Crippen LogP contribution in [0, 0.1) is 0 Å². The summed E-state index contributed by atoms with van der Waals surface area (Å²) in [5, 5.41) is 0. The summed E-state index contributed by atoms with van der Waals surface area (Å²) < 4.78 is 19.2. The fourth-order valence-corrected chi connectivity index (χ4v) is 3.67. The molecule has 3 rings (SSSR count). The molecule has 0 aromatic heterocycles. The minimum absolute atomic E-state index is 0.0513. The predicted molar refractivity (Wildman–Crippen MR) is 126 cm³/mol. The normalized spacial score (nSPS) is 14.1. The van der Waals surface area contributed by atoms with Crippen molar-refractivity contribution in [2.24, 2.45) is 0 Å². The first kappa shape index (κ1) is 23.2. The molecule has 0 radical (unpaired) electrons. The molecule has 2 unspecified atom stereocenters. The average Bonchev–Trinajstić information content (AvgIpc) is 2.84. The topological polar surface area (TPSA) is 27.7 Å². The van der Waals surface area contributed by atoms with Crippen molar-refractivity contribution < 1.29 is 14.2 Å². The van der Waals surface area contributed by atoms with Crippen LogP contribution >= 0.6 is 0 Å². The van der Waals surface area contributed by atoms with Crippen LogP contribution < -0.4 is 0 Å². The Morgan fingerprint density at radius 2 is 0.806 bits per heavy atom. The van der Waals surface area contributed by atoms with Crippen LogP contribution in [0.5, 0.6) is 0 Å². The first-order valence-electron chi connectivity index (χ1n) is 11.3. The predicted octanol–water partition coefficient (Wildman–Crippen LogP) is 6.56. The first-order valence-corrected chi connectivity index (χ1v) is 11.3. The minimum Gasteiger partial charge on any atom is -0.371 e. The molecule has 2 atom stereocenters. The Morgan fingerprint density at radius 1 is 0.484 bits per heavy atom. The summed E-state index contributed by atoms with van der Waals surface area (Å²) in [6.07, 6.45) is 1.46. The van der Waals surface area contributed by atoms with E-state index in [0.29, 0.717) is 19.8 Å². The van der Waals surface area contributed by atoms with Gasteiger partial charge in [0.25, 0.3) is 0 Å². The number of benzene rings is 3. The van der Waals surface area contributed by atoms with Crippen molar-refractivity contribution in [2.75, 3.05) is 0 Å². The summed E-state index contributed by atoms with van der Waals surface area (Å²) in [6.45, 7) is 5.98. The van der Waals surface area contributed by atoms with Gasteiger partial charge in [-0.1, -0.05) is 105 Å². The maximum atomic E-state index is 6.46. The van der Waals surface area contributed by atoms with Crippen LogP contribution in [0.3, 0.4) is 0 Å². The van der Waals surface area contributed by atoms with Gasteiger partial charge < -0.3 is 14.2 Å². The van der Waals surface area contributed by atoms with E-state index in [0.717, 1.165) is 18.4 Å². The van der Waals surface area contributed by atoms with Gasteiger partial charge in [0.15, 0.2) is 0 Å². The van der Waals surface area contributed by atoms with Gasteiger partial charge in [-0.15, -0.1) is 0 Å². The van der Waals surface area contributed by atoms with Crippen molar-refractivity contribution in [3.8, 4) is 0 Å². The van der Waals surface area contributed by atoms with Gasteiger partial charge in [0.05, 0.1) is 32.0 Å². The van der Waals surface area contributed by atoms with E-state index in [-0.39, 0.29) is 18.3 Å². The van der Waals surface area contributed by atoms with E-state index < -0.39 is 0 Å². The number of hydrogen-bond acceptors (Lipinski definition) is 3. The highest BCUT2D eigenvalue weighted by atomic mass is 16.6. The minimum atomic E-state index is -0.150. The van der Waals surface area contributed by atoms with Gasteiger partial charge in [0, 0.05) is 0 Å². The Hall–Kier alpha value is -2.46. The van der Waals surface area contributed by atoms with E-state index in [1.54, 1.807) is 0 Å². The molecule has 3 heteroatoms. The van der Waals surface area contributed by atoms with Crippen molar-refractivity contribution in [1.29, 1.82) is 0 Å². The molecule has 0 amide bonds. The highest BCUT2D eigenvalue weighted by Gasteiger charge is 2.30. The van der Waals surface area contributed by atoms with E-state index >= 15 is 0 Å². The Balaban J connectivity index is 1.70. The van der Waals surface area contributed by atoms with Crippen molar-refractivity contribution in [1.82, 2.24) is 0 Å². The molecule has 164 valence electrons. The molecule has 0 aliphatic rings. The fraction of sp³-hybridized carbons (Fsp3) is 0.357. The van der Waals surface area contributed by atoms with E-state index in [1.165, 1.54) is 11.1 Å². The third-order valence-corrected chi connectivity index (χ3v) is 5.44. The maximum absolute atomic E-state index is 6.46. The molecule has 0 saturated heterocycles. The zero-order valence-electron chi connectivity index (χ0n) is 18.7.